The number of nitrogens with zero attached hydrogens (tertiary/aromatic N) is 1. The molecule has 0 aliphatic carbocycles. The number of benzene rings is 2. The third-order valence-electron chi connectivity index (χ3n) is 4.11. The van der Waals surface area contributed by atoms with Gasteiger partial charge < -0.3 is 4.74 Å². The summed E-state index contributed by atoms with van der Waals surface area (Å²) in [4.78, 5) is 37.8. The molecule has 0 spiro atoms. The summed E-state index contributed by atoms with van der Waals surface area (Å²) in [6.07, 6.45) is 0.574. The zero-order valence-corrected chi connectivity index (χ0v) is 13.3. The number of rotatable bonds is 5. The van der Waals surface area contributed by atoms with E-state index in [9.17, 15) is 14.4 Å². The van der Waals surface area contributed by atoms with Crippen molar-refractivity contribution in [3.63, 3.8) is 0 Å². The molecular formula is C19H17NO4. The molecule has 5 heteroatoms. The highest BCUT2D eigenvalue weighted by Crippen LogP contribution is 2.24. The van der Waals surface area contributed by atoms with Crippen LogP contribution in [0.3, 0.4) is 0 Å². The monoisotopic (exact) mass is 323 g/mol. The van der Waals surface area contributed by atoms with Gasteiger partial charge in [-0.25, -0.2) is 4.90 Å². The lowest BCUT2D eigenvalue weighted by Crippen LogP contribution is -2.34. The van der Waals surface area contributed by atoms with Crippen LogP contribution in [0.1, 0.15) is 45.5 Å². The van der Waals surface area contributed by atoms with E-state index in [1.54, 1.807) is 24.3 Å². The van der Waals surface area contributed by atoms with Gasteiger partial charge in [-0.2, -0.15) is 0 Å². The van der Waals surface area contributed by atoms with Crippen molar-refractivity contribution in [1.29, 1.82) is 0 Å². The zero-order valence-electron chi connectivity index (χ0n) is 13.3. The lowest BCUT2D eigenvalue weighted by molar-refractivity contribution is -0.148. The number of carbonyl (C=O) groups is 3. The number of ether oxygens (including phenoxy) is 1. The summed E-state index contributed by atoms with van der Waals surface area (Å²) < 4.78 is 5.25. The maximum absolute atomic E-state index is 12.3. The second kappa shape index (κ2) is 6.66. The van der Waals surface area contributed by atoms with E-state index >= 15 is 0 Å². The Labute approximate surface area is 139 Å². The molecule has 2 amide bonds. The normalized spacial score (nSPS) is 14.5. The van der Waals surface area contributed by atoms with E-state index in [-0.39, 0.29) is 6.73 Å². The third-order valence-corrected chi connectivity index (χ3v) is 4.11. The van der Waals surface area contributed by atoms with Gasteiger partial charge >= 0.3 is 5.97 Å². The van der Waals surface area contributed by atoms with E-state index in [0.717, 1.165) is 10.5 Å². The molecule has 1 aliphatic heterocycles. The van der Waals surface area contributed by atoms with Gasteiger partial charge in [-0.15, -0.1) is 0 Å². The van der Waals surface area contributed by atoms with Crippen LogP contribution in [0, 0.1) is 0 Å². The molecule has 5 nitrogen and oxygen atoms in total. The van der Waals surface area contributed by atoms with Crippen LogP contribution >= 0.6 is 0 Å². The van der Waals surface area contributed by atoms with Gasteiger partial charge in [0.15, 0.2) is 6.73 Å². The quantitative estimate of drug-likeness (QED) is 0.627. The van der Waals surface area contributed by atoms with Gasteiger partial charge in [-0.1, -0.05) is 49.4 Å². The summed E-state index contributed by atoms with van der Waals surface area (Å²) in [6, 6.07) is 15.9. The molecule has 0 saturated carbocycles. The smallest absolute Gasteiger partial charge is 0.315 e. The van der Waals surface area contributed by atoms with Gasteiger partial charge in [0.25, 0.3) is 11.8 Å². The highest BCUT2D eigenvalue weighted by atomic mass is 16.5. The van der Waals surface area contributed by atoms with Crippen LogP contribution in [-0.2, 0) is 9.53 Å². The summed E-state index contributed by atoms with van der Waals surface area (Å²) in [6.45, 7) is 1.52. The van der Waals surface area contributed by atoms with Gasteiger partial charge in [0, 0.05) is 0 Å². The molecule has 0 N–H and O–H groups in total. The first kappa shape index (κ1) is 15.9. The van der Waals surface area contributed by atoms with Gasteiger partial charge in [-0.3, -0.25) is 14.4 Å². The van der Waals surface area contributed by atoms with Crippen molar-refractivity contribution >= 4 is 17.8 Å². The maximum Gasteiger partial charge on any atom is 0.315 e. The first-order valence-corrected chi connectivity index (χ1v) is 7.80. The molecule has 3 rings (SSSR count). The van der Waals surface area contributed by atoms with E-state index in [4.69, 9.17) is 4.74 Å². The Morgan fingerprint density at radius 2 is 1.50 bits per heavy atom. The van der Waals surface area contributed by atoms with Crippen LogP contribution in [0.5, 0.6) is 0 Å². The molecule has 2 aromatic rings. The van der Waals surface area contributed by atoms with Crippen molar-refractivity contribution in [2.45, 2.75) is 19.3 Å². The largest absolute Gasteiger partial charge is 0.443 e. The Morgan fingerprint density at radius 3 is 2.04 bits per heavy atom. The second-order valence-corrected chi connectivity index (χ2v) is 5.55. The molecule has 0 radical (unpaired) electrons. The van der Waals surface area contributed by atoms with E-state index < -0.39 is 23.7 Å². The van der Waals surface area contributed by atoms with Gasteiger partial charge in [0.1, 0.15) is 0 Å². The number of fused-ring (bicyclic) bond motifs is 1. The summed E-state index contributed by atoms with van der Waals surface area (Å²) in [7, 11) is 0. The first-order chi connectivity index (χ1) is 11.6. The van der Waals surface area contributed by atoms with Crippen molar-refractivity contribution in [2.24, 2.45) is 0 Å². The first-order valence-electron chi connectivity index (χ1n) is 7.80. The molecule has 0 aromatic heterocycles. The molecule has 1 heterocycles. The standard InChI is InChI=1S/C19H17NO4/c1-2-14(13-8-4-3-5-9-13)19(23)24-12-20-17(21)15-10-6-7-11-16(15)18(20)22/h3-11,14H,2,12H2,1H3/t14-/m1/s1. The second-order valence-electron chi connectivity index (χ2n) is 5.55. The van der Waals surface area contributed by atoms with Crippen LogP contribution in [0.4, 0.5) is 0 Å². The van der Waals surface area contributed by atoms with E-state index in [1.807, 2.05) is 37.3 Å². The molecule has 0 saturated heterocycles. The predicted molar refractivity (Wildman–Crippen MR) is 87.4 cm³/mol. The molecular weight excluding hydrogens is 306 g/mol. The highest BCUT2D eigenvalue weighted by molar-refractivity contribution is 6.21. The third kappa shape index (κ3) is 2.80. The van der Waals surface area contributed by atoms with Crippen molar-refractivity contribution in [3.05, 3.63) is 71.3 Å². The lowest BCUT2D eigenvalue weighted by Gasteiger charge is -2.18. The maximum atomic E-state index is 12.3. The number of amides is 2. The Hall–Kier alpha value is -2.95. The van der Waals surface area contributed by atoms with Crippen molar-refractivity contribution in [2.75, 3.05) is 6.73 Å². The Balaban J connectivity index is 1.69. The van der Waals surface area contributed by atoms with Crippen LogP contribution in [0.2, 0.25) is 0 Å². The highest BCUT2D eigenvalue weighted by Gasteiger charge is 2.36. The molecule has 0 fully saturated rings. The Bertz CT molecular complexity index is 750. The molecule has 0 bridgehead atoms. The minimum atomic E-state index is -0.444. The molecule has 1 aliphatic rings. The average Bonchev–Trinajstić information content (AvgIpc) is 2.86. The van der Waals surface area contributed by atoms with Crippen LogP contribution in [0.25, 0.3) is 0 Å². The van der Waals surface area contributed by atoms with Crippen LogP contribution < -0.4 is 0 Å². The average molecular weight is 323 g/mol. The summed E-state index contributed by atoms with van der Waals surface area (Å²) in [5.74, 6) is -1.73. The molecule has 1 atom stereocenters. The van der Waals surface area contributed by atoms with Gasteiger partial charge in [0.05, 0.1) is 17.0 Å². The number of carbonyl (C=O) groups excluding carboxylic acids is 3. The van der Waals surface area contributed by atoms with E-state index in [2.05, 4.69) is 0 Å². The fourth-order valence-corrected chi connectivity index (χ4v) is 2.81. The topological polar surface area (TPSA) is 63.7 Å². The Kier molecular flexibility index (Phi) is 4.42. The fourth-order valence-electron chi connectivity index (χ4n) is 2.81. The number of imide groups is 1. The number of esters is 1. The summed E-state index contributed by atoms with van der Waals surface area (Å²) in [5, 5.41) is 0. The van der Waals surface area contributed by atoms with Crippen molar-refractivity contribution < 1.29 is 19.1 Å². The van der Waals surface area contributed by atoms with Crippen molar-refractivity contribution in [1.82, 2.24) is 4.90 Å². The number of hydrogen-bond acceptors (Lipinski definition) is 4. The summed E-state index contributed by atoms with van der Waals surface area (Å²) in [5.41, 5.74) is 1.54. The molecule has 122 valence electrons. The lowest BCUT2D eigenvalue weighted by atomic mass is 9.97. The molecule has 24 heavy (non-hydrogen) atoms. The minimum absolute atomic E-state index is 0.341. The van der Waals surface area contributed by atoms with E-state index in [0.29, 0.717) is 17.5 Å². The van der Waals surface area contributed by atoms with Crippen molar-refractivity contribution in [3.8, 4) is 0 Å². The summed E-state index contributed by atoms with van der Waals surface area (Å²) >= 11 is 0. The minimum Gasteiger partial charge on any atom is -0.443 e. The van der Waals surface area contributed by atoms with Gasteiger partial charge in [0.2, 0.25) is 0 Å². The Morgan fingerprint density at radius 1 is 0.958 bits per heavy atom. The zero-order chi connectivity index (χ0) is 17.1. The van der Waals surface area contributed by atoms with E-state index in [1.165, 1.54) is 0 Å². The van der Waals surface area contributed by atoms with Gasteiger partial charge in [-0.05, 0) is 24.1 Å². The van der Waals surface area contributed by atoms with Crippen LogP contribution in [-0.4, -0.2) is 29.4 Å². The molecule has 0 unspecified atom stereocenters. The SMILES string of the molecule is CC[C@@H](C(=O)OCN1C(=O)c2ccccc2C1=O)c1ccccc1. The van der Waals surface area contributed by atoms with Crippen LogP contribution in [0.15, 0.2) is 54.6 Å². The number of hydrogen-bond donors (Lipinski definition) is 0. The predicted octanol–water partition coefficient (Wildman–Crippen LogP) is 2.98. The fraction of sp³-hybridized carbons (Fsp3) is 0.211. The molecule has 2 aromatic carbocycles.